The van der Waals surface area contributed by atoms with Crippen molar-refractivity contribution in [3.05, 3.63) is 34.2 Å². The van der Waals surface area contributed by atoms with Crippen LogP contribution in [0.2, 0.25) is 0 Å². The lowest BCUT2D eigenvalue weighted by Crippen LogP contribution is -2.03. The Hall–Kier alpha value is -1.43. The molecule has 2 aromatic rings. The molecule has 0 bridgehead atoms. The average Bonchev–Trinajstić information content (AvgIpc) is 2.77. The normalized spacial score (nSPS) is 10.6. The molecule has 0 fully saturated rings. The maximum Gasteiger partial charge on any atom is 0.128 e. The van der Waals surface area contributed by atoms with Gasteiger partial charge in [-0.3, -0.25) is 0 Å². The highest BCUT2D eigenvalue weighted by Gasteiger charge is 2.13. The maximum atomic E-state index is 5.37. The van der Waals surface area contributed by atoms with Crippen molar-refractivity contribution in [2.24, 2.45) is 5.90 Å². The Labute approximate surface area is 110 Å². The maximum absolute atomic E-state index is 5.37. The van der Waals surface area contributed by atoms with Crippen LogP contribution in [0.15, 0.2) is 24.3 Å². The second kappa shape index (κ2) is 5.95. The predicted molar refractivity (Wildman–Crippen MR) is 72.7 cm³/mol. The van der Waals surface area contributed by atoms with Crippen LogP contribution in [0.3, 0.4) is 0 Å². The van der Waals surface area contributed by atoms with E-state index in [9.17, 15) is 0 Å². The van der Waals surface area contributed by atoms with E-state index in [0.717, 1.165) is 28.4 Å². The summed E-state index contributed by atoms with van der Waals surface area (Å²) in [5.74, 6) is 5.88. The second-order valence-corrected chi connectivity index (χ2v) is 5.12. The number of nitrogens with two attached hydrogens (primary N) is 1. The number of aromatic nitrogens is 1. The van der Waals surface area contributed by atoms with E-state index in [4.69, 9.17) is 10.6 Å². The van der Waals surface area contributed by atoms with Crippen LogP contribution in [0.25, 0.3) is 11.3 Å². The van der Waals surface area contributed by atoms with Crippen molar-refractivity contribution in [1.29, 1.82) is 0 Å². The molecule has 1 aromatic heterocycles. The van der Waals surface area contributed by atoms with E-state index in [1.807, 2.05) is 24.3 Å². The lowest BCUT2D eigenvalue weighted by atomic mass is 10.1. The number of para-hydroxylation sites is 1. The Morgan fingerprint density at radius 1 is 1.33 bits per heavy atom. The van der Waals surface area contributed by atoms with Crippen LogP contribution in [-0.4, -0.2) is 18.7 Å². The minimum Gasteiger partial charge on any atom is -0.496 e. The molecule has 2 rings (SSSR count). The Morgan fingerprint density at radius 3 is 2.83 bits per heavy atom. The molecule has 1 heterocycles. The minimum absolute atomic E-state index is 0.484. The van der Waals surface area contributed by atoms with E-state index in [1.54, 1.807) is 18.4 Å². The number of ether oxygens (including phenoxy) is 1. The van der Waals surface area contributed by atoms with Crippen LogP contribution in [-0.2, 0) is 11.3 Å². The van der Waals surface area contributed by atoms with Crippen molar-refractivity contribution >= 4 is 11.3 Å². The van der Waals surface area contributed by atoms with Crippen LogP contribution < -0.4 is 10.6 Å². The molecule has 0 spiro atoms. The molecule has 0 saturated heterocycles. The molecule has 0 aliphatic carbocycles. The zero-order chi connectivity index (χ0) is 13.0. The average molecular weight is 264 g/mol. The SMILES string of the molecule is COc1ccccc1-c1nc(CCON)sc1C. The number of aryl methyl sites for hydroxylation is 1. The van der Waals surface area contributed by atoms with Gasteiger partial charge in [0, 0.05) is 16.9 Å². The van der Waals surface area contributed by atoms with Crippen molar-refractivity contribution in [3.8, 4) is 17.0 Å². The van der Waals surface area contributed by atoms with Gasteiger partial charge in [-0.1, -0.05) is 12.1 Å². The third-order valence-electron chi connectivity index (χ3n) is 2.64. The molecule has 0 aliphatic rings. The second-order valence-electron chi connectivity index (χ2n) is 3.83. The molecular formula is C13H16N2O2S. The molecule has 2 N–H and O–H groups in total. The number of hydrogen-bond acceptors (Lipinski definition) is 5. The summed E-state index contributed by atoms with van der Waals surface area (Å²) in [6, 6.07) is 7.90. The highest BCUT2D eigenvalue weighted by atomic mass is 32.1. The monoisotopic (exact) mass is 264 g/mol. The summed E-state index contributed by atoms with van der Waals surface area (Å²) in [7, 11) is 1.67. The van der Waals surface area contributed by atoms with Crippen LogP contribution in [0.5, 0.6) is 5.75 Å². The van der Waals surface area contributed by atoms with Crippen LogP contribution in [0, 0.1) is 6.92 Å². The number of rotatable bonds is 5. The summed E-state index contributed by atoms with van der Waals surface area (Å²) >= 11 is 1.67. The van der Waals surface area contributed by atoms with Gasteiger partial charge >= 0.3 is 0 Å². The molecule has 4 nitrogen and oxygen atoms in total. The van der Waals surface area contributed by atoms with E-state index in [1.165, 1.54) is 4.88 Å². The van der Waals surface area contributed by atoms with E-state index in [2.05, 4.69) is 16.7 Å². The van der Waals surface area contributed by atoms with Crippen molar-refractivity contribution in [2.75, 3.05) is 13.7 Å². The fourth-order valence-electron chi connectivity index (χ4n) is 1.79. The van der Waals surface area contributed by atoms with Gasteiger partial charge in [0.05, 0.1) is 24.4 Å². The number of hydrogen-bond donors (Lipinski definition) is 1. The van der Waals surface area contributed by atoms with Crippen molar-refractivity contribution in [2.45, 2.75) is 13.3 Å². The first kappa shape index (κ1) is 13.0. The molecule has 18 heavy (non-hydrogen) atoms. The topological polar surface area (TPSA) is 57.4 Å². The summed E-state index contributed by atoms with van der Waals surface area (Å²) in [6.07, 6.45) is 0.733. The Morgan fingerprint density at radius 2 is 2.11 bits per heavy atom. The first-order valence-electron chi connectivity index (χ1n) is 5.67. The summed E-state index contributed by atoms with van der Waals surface area (Å²) in [4.78, 5) is 10.4. The molecule has 0 amide bonds. The molecule has 0 aliphatic heterocycles. The number of thiazole rings is 1. The molecule has 0 unspecified atom stereocenters. The minimum atomic E-state index is 0.484. The van der Waals surface area contributed by atoms with Crippen molar-refractivity contribution in [3.63, 3.8) is 0 Å². The van der Waals surface area contributed by atoms with E-state index in [0.29, 0.717) is 6.61 Å². The highest BCUT2D eigenvalue weighted by Crippen LogP contribution is 2.33. The molecule has 0 atom stereocenters. The van der Waals surface area contributed by atoms with Gasteiger partial charge < -0.3 is 9.57 Å². The predicted octanol–water partition coefficient (Wildman–Crippen LogP) is 2.56. The third kappa shape index (κ3) is 2.69. The fourth-order valence-corrected chi connectivity index (χ4v) is 2.72. The third-order valence-corrected chi connectivity index (χ3v) is 3.67. The van der Waals surface area contributed by atoms with Gasteiger partial charge in [0.1, 0.15) is 5.75 Å². The van der Waals surface area contributed by atoms with E-state index in [-0.39, 0.29) is 0 Å². The first-order valence-corrected chi connectivity index (χ1v) is 6.49. The molecule has 1 aromatic carbocycles. The standard InChI is InChI=1S/C13H16N2O2S/c1-9-13(15-12(18-9)7-8-17-14)10-5-3-4-6-11(10)16-2/h3-6H,7-8,14H2,1-2H3. The van der Waals surface area contributed by atoms with Gasteiger partial charge in [0.25, 0.3) is 0 Å². The lowest BCUT2D eigenvalue weighted by Gasteiger charge is -2.06. The summed E-state index contributed by atoms with van der Waals surface area (Å²) in [6.45, 7) is 2.55. The van der Waals surface area contributed by atoms with Gasteiger partial charge in [-0.05, 0) is 19.1 Å². The van der Waals surface area contributed by atoms with Gasteiger partial charge in [-0.2, -0.15) is 0 Å². The molecule has 0 saturated carbocycles. The highest BCUT2D eigenvalue weighted by molar-refractivity contribution is 7.12. The summed E-state index contributed by atoms with van der Waals surface area (Å²) in [5.41, 5.74) is 2.00. The summed E-state index contributed by atoms with van der Waals surface area (Å²) in [5, 5.41) is 1.03. The fraction of sp³-hybridized carbons (Fsp3) is 0.308. The van der Waals surface area contributed by atoms with Gasteiger partial charge in [-0.25, -0.2) is 10.9 Å². The molecule has 96 valence electrons. The van der Waals surface area contributed by atoms with Crippen LogP contribution in [0.1, 0.15) is 9.88 Å². The zero-order valence-corrected chi connectivity index (χ0v) is 11.3. The number of nitrogens with zero attached hydrogens (tertiary/aromatic N) is 1. The van der Waals surface area contributed by atoms with Crippen molar-refractivity contribution in [1.82, 2.24) is 4.98 Å². The van der Waals surface area contributed by atoms with E-state index >= 15 is 0 Å². The number of benzene rings is 1. The molecular weight excluding hydrogens is 248 g/mol. The smallest absolute Gasteiger partial charge is 0.128 e. The Bertz CT molecular complexity index is 525. The molecule has 5 heteroatoms. The van der Waals surface area contributed by atoms with Crippen molar-refractivity contribution < 1.29 is 9.57 Å². The Balaban J connectivity index is 2.35. The van der Waals surface area contributed by atoms with Gasteiger partial charge in [-0.15, -0.1) is 11.3 Å². The first-order chi connectivity index (χ1) is 8.76. The van der Waals surface area contributed by atoms with Crippen LogP contribution in [0.4, 0.5) is 0 Å². The summed E-state index contributed by atoms with van der Waals surface area (Å²) < 4.78 is 5.37. The van der Waals surface area contributed by atoms with Crippen LogP contribution >= 0.6 is 11.3 Å². The Kier molecular flexibility index (Phi) is 4.30. The molecule has 0 radical (unpaired) electrons. The lowest BCUT2D eigenvalue weighted by molar-refractivity contribution is 0.141. The zero-order valence-electron chi connectivity index (χ0n) is 10.5. The number of methoxy groups -OCH3 is 1. The quantitative estimate of drug-likeness (QED) is 0.843. The van der Waals surface area contributed by atoms with Gasteiger partial charge in [0.2, 0.25) is 0 Å². The van der Waals surface area contributed by atoms with E-state index < -0.39 is 0 Å². The van der Waals surface area contributed by atoms with Gasteiger partial charge in [0.15, 0.2) is 0 Å². The largest absolute Gasteiger partial charge is 0.496 e.